The summed E-state index contributed by atoms with van der Waals surface area (Å²) in [6, 6.07) is 16.8. The van der Waals surface area contributed by atoms with Gasteiger partial charge in [0.05, 0.1) is 13.0 Å². The van der Waals surface area contributed by atoms with Crippen molar-refractivity contribution in [3.8, 4) is 0 Å². The van der Waals surface area contributed by atoms with E-state index in [1.165, 1.54) is 5.56 Å². The Morgan fingerprint density at radius 2 is 1.67 bits per heavy atom. The Morgan fingerprint density at radius 3 is 2.37 bits per heavy atom. The van der Waals surface area contributed by atoms with Crippen LogP contribution in [0.15, 0.2) is 54.6 Å². The lowest BCUT2D eigenvalue weighted by atomic mass is 10.1. The van der Waals surface area contributed by atoms with Gasteiger partial charge in [0.2, 0.25) is 5.91 Å². The first kappa shape index (κ1) is 23.1. The number of amides is 2. The van der Waals surface area contributed by atoms with Gasteiger partial charge in [-0.05, 0) is 50.5 Å². The molecule has 0 aromatic heterocycles. The van der Waals surface area contributed by atoms with Crippen molar-refractivity contribution in [2.75, 3.05) is 25.0 Å². The third kappa shape index (κ3) is 7.70. The number of ether oxygens (including phenoxy) is 1. The summed E-state index contributed by atoms with van der Waals surface area (Å²) in [4.78, 5) is 38.1. The maximum Gasteiger partial charge on any atom is 0.306 e. The summed E-state index contributed by atoms with van der Waals surface area (Å²) in [6.07, 6.45) is 1.65. The summed E-state index contributed by atoms with van der Waals surface area (Å²) in [7, 11) is 0. The largest absolute Gasteiger partial charge is 0.466 e. The summed E-state index contributed by atoms with van der Waals surface area (Å²) in [5.41, 5.74) is 2.26. The average Bonchev–Trinajstić information content (AvgIpc) is 2.77. The lowest BCUT2D eigenvalue weighted by Crippen LogP contribution is -2.30. The van der Waals surface area contributed by atoms with Gasteiger partial charge in [0.25, 0.3) is 5.91 Å². The van der Waals surface area contributed by atoms with Crippen molar-refractivity contribution < 1.29 is 19.1 Å². The van der Waals surface area contributed by atoms with Crippen molar-refractivity contribution >= 4 is 23.5 Å². The number of nitrogens with zero attached hydrogens (tertiary/aromatic N) is 1. The summed E-state index contributed by atoms with van der Waals surface area (Å²) in [5.74, 6) is -0.748. The standard InChI is InChI=1S/C24H30N2O4/c1-3-26(4-2)24(29)20-13-8-14-21(18-20)25-22(27)15-16-23(28)30-17-9-12-19-10-6-5-7-11-19/h5-8,10-11,13-14,18H,3-4,9,12,15-17H2,1-2H3,(H,25,27). The van der Waals surface area contributed by atoms with Crippen molar-refractivity contribution in [3.63, 3.8) is 0 Å². The van der Waals surface area contributed by atoms with E-state index >= 15 is 0 Å². The smallest absolute Gasteiger partial charge is 0.306 e. The lowest BCUT2D eigenvalue weighted by Gasteiger charge is -2.19. The molecule has 2 rings (SSSR count). The molecule has 0 aliphatic rings. The predicted molar refractivity (Wildman–Crippen MR) is 117 cm³/mol. The van der Waals surface area contributed by atoms with Crippen molar-refractivity contribution in [1.29, 1.82) is 0 Å². The van der Waals surface area contributed by atoms with Crippen LogP contribution in [0.4, 0.5) is 5.69 Å². The van der Waals surface area contributed by atoms with Crippen LogP contribution < -0.4 is 5.32 Å². The van der Waals surface area contributed by atoms with Crippen molar-refractivity contribution in [1.82, 2.24) is 4.90 Å². The summed E-state index contributed by atoms with van der Waals surface area (Å²) >= 11 is 0. The van der Waals surface area contributed by atoms with Crippen LogP contribution in [0, 0.1) is 0 Å². The number of rotatable bonds is 11. The normalized spacial score (nSPS) is 10.3. The highest BCUT2D eigenvalue weighted by Gasteiger charge is 2.14. The Labute approximate surface area is 178 Å². The van der Waals surface area contributed by atoms with Crippen LogP contribution in [0.2, 0.25) is 0 Å². The molecule has 0 spiro atoms. The molecule has 0 bridgehead atoms. The summed E-state index contributed by atoms with van der Waals surface area (Å²) < 4.78 is 5.20. The predicted octanol–water partition coefficient (Wildman–Crippen LogP) is 4.06. The van der Waals surface area contributed by atoms with Crippen molar-refractivity contribution in [2.24, 2.45) is 0 Å². The van der Waals surface area contributed by atoms with E-state index in [4.69, 9.17) is 4.74 Å². The first-order valence-corrected chi connectivity index (χ1v) is 10.4. The van der Waals surface area contributed by atoms with Gasteiger partial charge in [0.1, 0.15) is 0 Å². The van der Waals surface area contributed by atoms with Gasteiger partial charge in [-0.15, -0.1) is 0 Å². The van der Waals surface area contributed by atoms with Crippen LogP contribution in [0.3, 0.4) is 0 Å². The van der Waals surface area contributed by atoms with E-state index < -0.39 is 0 Å². The highest BCUT2D eigenvalue weighted by Crippen LogP contribution is 2.14. The molecule has 0 unspecified atom stereocenters. The van der Waals surface area contributed by atoms with Gasteiger partial charge in [-0.25, -0.2) is 0 Å². The van der Waals surface area contributed by atoms with E-state index in [2.05, 4.69) is 5.32 Å². The average molecular weight is 411 g/mol. The molecule has 0 aliphatic carbocycles. The Kier molecular flexibility index (Phi) is 9.58. The summed E-state index contributed by atoms with van der Waals surface area (Å²) in [6.45, 7) is 5.44. The zero-order valence-corrected chi connectivity index (χ0v) is 17.7. The lowest BCUT2D eigenvalue weighted by molar-refractivity contribution is -0.144. The molecule has 30 heavy (non-hydrogen) atoms. The highest BCUT2D eigenvalue weighted by molar-refractivity contribution is 5.97. The Morgan fingerprint density at radius 1 is 0.933 bits per heavy atom. The SMILES string of the molecule is CCN(CC)C(=O)c1cccc(NC(=O)CCC(=O)OCCCc2ccccc2)c1. The summed E-state index contributed by atoms with van der Waals surface area (Å²) in [5, 5.41) is 2.74. The molecule has 0 fully saturated rings. The molecule has 160 valence electrons. The van der Waals surface area contributed by atoms with Crippen LogP contribution in [0.25, 0.3) is 0 Å². The second kappa shape index (κ2) is 12.4. The molecule has 2 amide bonds. The number of hydrogen-bond acceptors (Lipinski definition) is 4. The molecule has 2 aromatic rings. The Balaban J connectivity index is 1.71. The second-order valence-electron chi connectivity index (χ2n) is 6.92. The third-order valence-corrected chi connectivity index (χ3v) is 4.72. The number of nitrogens with one attached hydrogen (secondary N) is 1. The minimum atomic E-state index is -0.385. The van der Waals surface area contributed by atoms with Crippen molar-refractivity contribution in [3.05, 3.63) is 65.7 Å². The Hall–Kier alpha value is -3.15. The monoisotopic (exact) mass is 410 g/mol. The van der Waals surface area contributed by atoms with Gasteiger partial charge >= 0.3 is 5.97 Å². The van der Waals surface area contributed by atoms with Crippen LogP contribution in [-0.4, -0.2) is 42.4 Å². The minimum Gasteiger partial charge on any atom is -0.466 e. The number of aryl methyl sites for hydroxylation is 1. The molecule has 0 atom stereocenters. The molecular weight excluding hydrogens is 380 g/mol. The molecule has 0 radical (unpaired) electrons. The van der Waals surface area contributed by atoms with E-state index in [9.17, 15) is 14.4 Å². The van der Waals surface area contributed by atoms with Crippen LogP contribution in [0.5, 0.6) is 0 Å². The fraction of sp³-hybridized carbons (Fsp3) is 0.375. The van der Waals surface area contributed by atoms with Crippen LogP contribution in [0.1, 0.15) is 49.0 Å². The van der Waals surface area contributed by atoms with Gasteiger partial charge in [-0.1, -0.05) is 36.4 Å². The van der Waals surface area contributed by atoms with E-state index in [-0.39, 0.29) is 30.6 Å². The first-order chi connectivity index (χ1) is 14.5. The van der Waals surface area contributed by atoms with E-state index in [1.807, 2.05) is 44.2 Å². The zero-order valence-electron chi connectivity index (χ0n) is 17.7. The van der Waals surface area contributed by atoms with Gasteiger partial charge < -0.3 is 15.0 Å². The number of anilines is 1. The fourth-order valence-electron chi connectivity index (χ4n) is 3.04. The first-order valence-electron chi connectivity index (χ1n) is 10.4. The molecule has 0 saturated carbocycles. The number of hydrogen-bond donors (Lipinski definition) is 1. The zero-order chi connectivity index (χ0) is 21.8. The molecule has 0 heterocycles. The molecule has 0 aliphatic heterocycles. The quantitative estimate of drug-likeness (QED) is 0.448. The van der Waals surface area contributed by atoms with E-state index in [0.717, 1.165) is 12.8 Å². The number of benzene rings is 2. The molecule has 6 nitrogen and oxygen atoms in total. The maximum atomic E-state index is 12.4. The maximum absolute atomic E-state index is 12.4. The number of carbonyl (C=O) groups excluding carboxylic acids is 3. The topological polar surface area (TPSA) is 75.7 Å². The molecular formula is C24H30N2O4. The fourth-order valence-corrected chi connectivity index (χ4v) is 3.04. The van der Waals surface area contributed by atoms with E-state index in [1.54, 1.807) is 29.2 Å². The van der Waals surface area contributed by atoms with Crippen LogP contribution >= 0.6 is 0 Å². The Bertz CT molecular complexity index is 832. The molecule has 1 N–H and O–H groups in total. The highest BCUT2D eigenvalue weighted by atomic mass is 16.5. The second-order valence-corrected chi connectivity index (χ2v) is 6.92. The van der Waals surface area contributed by atoms with E-state index in [0.29, 0.717) is 30.9 Å². The molecule has 2 aromatic carbocycles. The van der Waals surface area contributed by atoms with Gasteiger partial charge in [-0.2, -0.15) is 0 Å². The van der Waals surface area contributed by atoms with Crippen LogP contribution in [-0.2, 0) is 20.7 Å². The van der Waals surface area contributed by atoms with Crippen molar-refractivity contribution in [2.45, 2.75) is 39.5 Å². The minimum absolute atomic E-state index is 0.0231. The number of carbonyl (C=O) groups is 3. The van der Waals surface area contributed by atoms with Gasteiger partial charge in [0.15, 0.2) is 0 Å². The van der Waals surface area contributed by atoms with Gasteiger partial charge in [-0.3, -0.25) is 14.4 Å². The molecule has 0 saturated heterocycles. The number of esters is 1. The molecule has 6 heteroatoms. The van der Waals surface area contributed by atoms with Gasteiger partial charge in [0, 0.05) is 30.8 Å². The third-order valence-electron chi connectivity index (χ3n) is 4.72.